The van der Waals surface area contributed by atoms with Gasteiger partial charge in [-0.2, -0.15) is 0 Å². The van der Waals surface area contributed by atoms with E-state index in [1.165, 1.54) is 11.8 Å². The van der Waals surface area contributed by atoms with E-state index in [1.807, 2.05) is 19.1 Å². The van der Waals surface area contributed by atoms with Crippen LogP contribution in [-0.2, 0) is 4.79 Å². The fraction of sp³-hybridized carbons (Fsp3) is 0.273. The minimum atomic E-state index is -0.841. The second-order valence-electron chi connectivity index (χ2n) is 3.01. The number of hydrogen-bond donors (Lipinski definition) is 1. The van der Waals surface area contributed by atoms with E-state index in [0.717, 1.165) is 9.50 Å². The molecule has 1 rings (SSSR count). The van der Waals surface area contributed by atoms with Crippen molar-refractivity contribution < 1.29 is 9.90 Å². The van der Waals surface area contributed by atoms with Crippen LogP contribution in [0.3, 0.4) is 0 Å². The van der Waals surface area contributed by atoms with Gasteiger partial charge >= 0.3 is 5.97 Å². The summed E-state index contributed by atoms with van der Waals surface area (Å²) in [5, 5.41) is 9.70. The minimum Gasteiger partial charge on any atom is -0.478 e. The Morgan fingerprint density at radius 1 is 1.62 bits per heavy atom. The van der Waals surface area contributed by atoms with E-state index in [9.17, 15) is 4.79 Å². The molecule has 0 saturated heterocycles. The van der Waals surface area contributed by atoms with Crippen LogP contribution >= 0.6 is 27.7 Å². The Labute approximate surface area is 107 Å². The molecule has 5 heteroatoms. The predicted molar refractivity (Wildman–Crippen MR) is 68.7 cm³/mol. The van der Waals surface area contributed by atoms with Crippen molar-refractivity contribution in [2.45, 2.75) is 18.4 Å². The van der Waals surface area contributed by atoms with E-state index in [1.54, 1.807) is 12.3 Å². The maximum absolute atomic E-state index is 10.7. The van der Waals surface area contributed by atoms with Crippen LogP contribution in [0.4, 0.5) is 0 Å². The molecule has 1 heterocycles. The molecule has 1 aromatic heterocycles. The predicted octanol–water partition coefficient (Wildman–Crippen LogP) is 3.36. The number of pyridine rings is 1. The molecule has 0 atom stereocenters. The van der Waals surface area contributed by atoms with Crippen LogP contribution in [0.15, 0.2) is 39.5 Å². The third-order valence-corrected chi connectivity index (χ3v) is 3.26. The standard InChI is InChI=1S/C11H12BrNO2S/c1-2-8(11(14)15)5-6-16-10-4-3-9(12)7-13-10/h3-5,7H,2,6H2,1H3,(H,14,15). The summed E-state index contributed by atoms with van der Waals surface area (Å²) in [4.78, 5) is 14.9. The van der Waals surface area contributed by atoms with E-state index in [-0.39, 0.29) is 0 Å². The van der Waals surface area contributed by atoms with E-state index >= 15 is 0 Å². The van der Waals surface area contributed by atoms with Gasteiger partial charge in [0.2, 0.25) is 0 Å². The SMILES string of the molecule is CCC(=CCSc1ccc(Br)cn1)C(=O)O. The topological polar surface area (TPSA) is 50.2 Å². The van der Waals surface area contributed by atoms with Crippen molar-refractivity contribution in [3.05, 3.63) is 34.5 Å². The molecule has 0 radical (unpaired) electrons. The Morgan fingerprint density at radius 3 is 2.88 bits per heavy atom. The average Bonchev–Trinajstić information content (AvgIpc) is 2.26. The van der Waals surface area contributed by atoms with Gasteiger partial charge in [0.1, 0.15) is 0 Å². The fourth-order valence-electron chi connectivity index (χ4n) is 1.06. The Hall–Kier alpha value is -0.810. The van der Waals surface area contributed by atoms with Gasteiger partial charge in [-0.1, -0.05) is 13.0 Å². The molecule has 0 spiro atoms. The van der Waals surface area contributed by atoms with Gasteiger partial charge in [-0.3, -0.25) is 0 Å². The van der Waals surface area contributed by atoms with Gasteiger partial charge in [0.25, 0.3) is 0 Å². The lowest BCUT2D eigenvalue weighted by Gasteiger charge is -1.99. The molecular weight excluding hydrogens is 290 g/mol. The van der Waals surface area contributed by atoms with Crippen molar-refractivity contribution in [2.24, 2.45) is 0 Å². The van der Waals surface area contributed by atoms with Crippen molar-refractivity contribution in [1.82, 2.24) is 4.98 Å². The number of thioether (sulfide) groups is 1. The van der Waals surface area contributed by atoms with E-state index in [4.69, 9.17) is 5.11 Å². The van der Waals surface area contributed by atoms with Crippen LogP contribution < -0.4 is 0 Å². The first-order chi connectivity index (χ1) is 7.63. The molecule has 16 heavy (non-hydrogen) atoms. The number of nitrogens with zero attached hydrogens (tertiary/aromatic N) is 1. The smallest absolute Gasteiger partial charge is 0.331 e. The first-order valence-corrected chi connectivity index (χ1v) is 6.58. The summed E-state index contributed by atoms with van der Waals surface area (Å²) >= 11 is 4.82. The molecule has 3 nitrogen and oxygen atoms in total. The van der Waals surface area contributed by atoms with Crippen LogP contribution in [0.1, 0.15) is 13.3 Å². The van der Waals surface area contributed by atoms with Crippen molar-refractivity contribution in [2.75, 3.05) is 5.75 Å². The van der Waals surface area contributed by atoms with Crippen LogP contribution in [-0.4, -0.2) is 21.8 Å². The van der Waals surface area contributed by atoms with Crippen molar-refractivity contribution >= 4 is 33.7 Å². The largest absolute Gasteiger partial charge is 0.478 e. The number of carboxylic acids is 1. The van der Waals surface area contributed by atoms with Crippen LogP contribution in [0.25, 0.3) is 0 Å². The molecule has 0 aromatic carbocycles. The van der Waals surface area contributed by atoms with Gasteiger partial charge in [0, 0.05) is 22.0 Å². The first kappa shape index (κ1) is 13.3. The lowest BCUT2D eigenvalue weighted by Crippen LogP contribution is -1.99. The minimum absolute atomic E-state index is 0.449. The zero-order valence-corrected chi connectivity index (χ0v) is 11.2. The van der Waals surface area contributed by atoms with Gasteiger partial charge in [-0.25, -0.2) is 9.78 Å². The quantitative estimate of drug-likeness (QED) is 0.669. The number of aliphatic carboxylic acids is 1. The number of halogens is 1. The number of hydrogen-bond acceptors (Lipinski definition) is 3. The third kappa shape index (κ3) is 4.37. The maximum Gasteiger partial charge on any atom is 0.331 e. The van der Waals surface area contributed by atoms with Crippen molar-refractivity contribution in [3.63, 3.8) is 0 Å². The molecular formula is C11H12BrNO2S. The van der Waals surface area contributed by atoms with Crippen molar-refractivity contribution in [3.8, 4) is 0 Å². The lowest BCUT2D eigenvalue weighted by molar-refractivity contribution is -0.132. The highest BCUT2D eigenvalue weighted by molar-refractivity contribution is 9.10. The maximum atomic E-state index is 10.7. The normalized spacial score (nSPS) is 11.5. The fourth-order valence-corrected chi connectivity index (χ4v) is 2.04. The second-order valence-corrected chi connectivity index (χ2v) is 4.97. The van der Waals surface area contributed by atoms with Gasteiger partial charge in [-0.15, -0.1) is 11.8 Å². The van der Waals surface area contributed by atoms with Crippen LogP contribution in [0, 0.1) is 0 Å². The molecule has 0 unspecified atom stereocenters. The first-order valence-electron chi connectivity index (χ1n) is 4.80. The van der Waals surface area contributed by atoms with Gasteiger partial charge in [0.15, 0.2) is 0 Å². The zero-order valence-electron chi connectivity index (χ0n) is 8.81. The monoisotopic (exact) mass is 301 g/mol. The summed E-state index contributed by atoms with van der Waals surface area (Å²) in [5.74, 6) is -0.212. The van der Waals surface area contributed by atoms with Crippen molar-refractivity contribution in [1.29, 1.82) is 0 Å². The molecule has 0 amide bonds. The number of rotatable bonds is 5. The second kappa shape index (κ2) is 6.70. The molecule has 86 valence electrons. The highest BCUT2D eigenvalue weighted by atomic mass is 79.9. The Morgan fingerprint density at radius 2 is 2.38 bits per heavy atom. The summed E-state index contributed by atoms with van der Waals surface area (Å²) in [6, 6.07) is 3.81. The number of carbonyl (C=O) groups is 1. The molecule has 1 N–H and O–H groups in total. The summed E-state index contributed by atoms with van der Waals surface area (Å²) in [6.07, 6.45) is 4.00. The highest BCUT2D eigenvalue weighted by Crippen LogP contribution is 2.18. The number of carboxylic acid groups (broad SMARTS) is 1. The van der Waals surface area contributed by atoms with Gasteiger partial charge < -0.3 is 5.11 Å². The molecule has 0 aliphatic rings. The molecule has 1 aromatic rings. The Kier molecular flexibility index (Phi) is 5.55. The highest BCUT2D eigenvalue weighted by Gasteiger charge is 2.03. The molecule has 0 fully saturated rings. The Bertz CT molecular complexity index is 389. The third-order valence-electron chi connectivity index (χ3n) is 1.92. The molecule has 0 bridgehead atoms. The van der Waals surface area contributed by atoms with Gasteiger partial charge in [0.05, 0.1) is 5.03 Å². The van der Waals surface area contributed by atoms with Crippen LogP contribution in [0.5, 0.6) is 0 Å². The summed E-state index contributed by atoms with van der Waals surface area (Å²) < 4.78 is 0.937. The van der Waals surface area contributed by atoms with E-state index in [2.05, 4.69) is 20.9 Å². The summed E-state index contributed by atoms with van der Waals surface area (Å²) in [6.45, 7) is 1.84. The number of aromatic nitrogens is 1. The molecule has 0 aliphatic carbocycles. The average molecular weight is 302 g/mol. The lowest BCUT2D eigenvalue weighted by atomic mass is 10.2. The van der Waals surface area contributed by atoms with Crippen LogP contribution in [0.2, 0.25) is 0 Å². The Balaban J connectivity index is 2.52. The van der Waals surface area contributed by atoms with E-state index in [0.29, 0.717) is 17.7 Å². The summed E-state index contributed by atoms with van der Waals surface area (Å²) in [7, 11) is 0. The van der Waals surface area contributed by atoms with Gasteiger partial charge in [-0.05, 0) is 34.5 Å². The summed E-state index contributed by atoms with van der Waals surface area (Å²) in [5.41, 5.74) is 0.449. The van der Waals surface area contributed by atoms with E-state index < -0.39 is 5.97 Å². The molecule has 0 saturated carbocycles. The zero-order chi connectivity index (χ0) is 12.0. The molecule has 0 aliphatic heterocycles.